The second-order valence-electron chi connectivity index (χ2n) is 3.56. The van der Waals surface area contributed by atoms with E-state index in [0.29, 0.717) is 6.54 Å². The molecule has 0 saturated heterocycles. The Labute approximate surface area is 111 Å². The lowest BCUT2D eigenvalue weighted by molar-refractivity contribution is -0.120. The molecule has 0 aliphatic heterocycles. The van der Waals surface area contributed by atoms with Gasteiger partial charge in [-0.15, -0.1) is 0 Å². The van der Waals surface area contributed by atoms with Gasteiger partial charge >= 0.3 is 0 Å². The van der Waals surface area contributed by atoms with Gasteiger partial charge in [0.05, 0.1) is 0 Å². The van der Waals surface area contributed by atoms with Crippen LogP contribution in [0.25, 0.3) is 0 Å². The number of hydrogen-bond acceptors (Lipinski definition) is 5. The number of aromatic nitrogens is 1. The molecule has 0 aliphatic rings. The van der Waals surface area contributed by atoms with Crippen LogP contribution in [0.2, 0.25) is 0 Å². The van der Waals surface area contributed by atoms with Gasteiger partial charge in [-0.3, -0.25) is 4.79 Å². The molecule has 1 rings (SSSR count). The molecule has 1 amide bonds. The highest BCUT2D eigenvalue weighted by Crippen LogP contribution is 2.11. The molecule has 2 N–H and O–H groups in total. The van der Waals surface area contributed by atoms with Crippen LogP contribution < -0.4 is 10.0 Å². The van der Waals surface area contributed by atoms with Crippen LogP contribution in [0.4, 0.5) is 0 Å². The Morgan fingerprint density at radius 3 is 2.89 bits per heavy atom. The fraction of sp³-hybridized carbons (Fsp3) is 0.364. The smallest absolute Gasteiger partial charge is 0.243 e. The molecule has 0 saturated carbocycles. The summed E-state index contributed by atoms with van der Waals surface area (Å²) in [4.78, 5) is 14.7. The number of carbonyl (C=O) groups is 1. The van der Waals surface area contributed by atoms with Crippen LogP contribution in [0.3, 0.4) is 0 Å². The fourth-order valence-corrected chi connectivity index (χ4v) is 2.49. The third-order valence-corrected chi connectivity index (χ3v) is 3.68. The van der Waals surface area contributed by atoms with Crippen LogP contribution in [0.1, 0.15) is 19.0 Å². The highest BCUT2D eigenvalue weighted by molar-refractivity contribution is 7.89. The van der Waals surface area contributed by atoms with Crippen molar-refractivity contribution in [2.24, 2.45) is 0 Å². The Morgan fingerprint density at radius 2 is 2.26 bits per heavy atom. The zero-order chi connectivity index (χ0) is 14.3. The maximum Gasteiger partial charge on any atom is 0.243 e. The number of hydrogen-bond donors (Lipinski definition) is 2. The van der Waals surface area contributed by atoms with Gasteiger partial charge in [0.2, 0.25) is 15.9 Å². The van der Waals surface area contributed by atoms with E-state index >= 15 is 0 Å². The quantitative estimate of drug-likeness (QED) is 0.747. The number of nitrogens with zero attached hydrogens (tertiary/aromatic N) is 2. The minimum atomic E-state index is -3.83. The monoisotopic (exact) mass is 282 g/mol. The Bertz CT molecular complexity index is 592. The molecule has 0 unspecified atom stereocenters. The minimum absolute atomic E-state index is 0.0338. The summed E-state index contributed by atoms with van der Waals surface area (Å²) in [6, 6.07) is 4.43. The second-order valence-corrected chi connectivity index (χ2v) is 5.30. The molecular weight excluding hydrogens is 268 g/mol. The largest absolute Gasteiger partial charge is 0.356 e. The van der Waals surface area contributed by atoms with Crippen molar-refractivity contribution in [2.75, 3.05) is 13.1 Å². The summed E-state index contributed by atoms with van der Waals surface area (Å²) < 4.78 is 26.1. The summed E-state index contributed by atoms with van der Waals surface area (Å²) in [6.45, 7) is 2.23. The lowest BCUT2D eigenvalue weighted by Crippen LogP contribution is -2.31. The van der Waals surface area contributed by atoms with E-state index in [1.807, 2.05) is 0 Å². The summed E-state index contributed by atoms with van der Waals surface area (Å²) >= 11 is 0. The van der Waals surface area contributed by atoms with E-state index in [1.165, 1.54) is 18.3 Å². The first-order chi connectivity index (χ1) is 9.01. The van der Waals surface area contributed by atoms with Gasteiger partial charge in [0.25, 0.3) is 0 Å². The van der Waals surface area contributed by atoms with Crippen molar-refractivity contribution >= 4 is 15.9 Å². The van der Waals surface area contributed by atoms with Crippen LogP contribution >= 0.6 is 0 Å². The zero-order valence-electron chi connectivity index (χ0n) is 10.4. The molecule has 8 heteroatoms. The number of sulfonamides is 1. The molecule has 0 atom stereocenters. The predicted molar refractivity (Wildman–Crippen MR) is 67.4 cm³/mol. The van der Waals surface area contributed by atoms with E-state index in [9.17, 15) is 13.2 Å². The molecule has 7 nitrogen and oxygen atoms in total. The van der Waals surface area contributed by atoms with Crippen LogP contribution in [0.5, 0.6) is 0 Å². The summed E-state index contributed by atoms with van der Waals surface area (Å²) in [6.07, 6.45) is 1.38. The first-order valence-corrected chi connectivity index (χ1v) is 7.11. The van der Waals surface area contributed by atoms with E-state index in [2.05, 4.69) is 15.0 Å². The summed E-state index contributed by atoms with van der Waals surface area (Å²) in [7, 11) is -3.83. The van der Waals surface area contributed by atoms with Gasteiger partial charge in [-0.05, 0) is 19.1 Å². The summed E-state index contributed by atoms with van der Waals surface area (Å²) in [5.41, 5.74) is -0.173. The molecule has 1 aromatic heterocycles. The maximum absolute atomic E-state index is 11.9. The highest BCUT2D eigenvalue weighted by Gasteiger charge is 2.18. The van der Waals surface area contributed by atoms with Crippen molar-refractivity contribution in [1.29, 1.82) is 5.26 Å². The molecule has 0 aromatic carbocycles. The van der Waals surface area contributed by atoms with Gasteiger partial charge in [-0.25, -0.2) is 18.1 Å². The van der Waals surface area contributed by atoms with Crippen molar-refractivity contribution in [3.05, 3.63) is 24.0 Å². The third-order valence-electron chi connectivity index (χ3n) is 2.18. The lowest BCUT2D eigenvalue weighted by Gasteiger charge is -2.07. The molecule has 1 heterocycles. The van der Waals surface area contributed by atoms with Gasteiger partial charge in [-0.2, -0.15) is 5.26 Å². The third kappa shape index (κ3) is 4.31. The SMILES string of the molecule is CCNC(=O)CCNS(=O)(=O)c1cccnc1C#N. The summed E-state index contributed by atoms with van der Waals surface area (Å²) in [5, 5.41) is 11.4. The van der Waals surface area contributed by atoms with Crippen LogP contribution in [-0.2, 0) is 14.8 Å². The molecule has 102 valence electrons. The van der Waals surface area contributed by atoms with Crippen LogP contribution in [-0.4, -0.2) is 32.4 Å². The Kier molecular flexibility index (Phi) is 5.41. The average molecular weight is 282 g/mol. The number of nitrogens with one attached hydrogen (secondary N) is 2. The molecule has 19 heavy (non-hydrogen) atoms. The van der Waals surface area contributed by atoms with E-state index in [-0.39, 0.29) is 29.5 Å². The predicted octanol–water partition coefficient (Wildman–Crippen LogP) is -0.242. The molecule has 0 bridgehead atoms. The first kappa shape index (κ1) is 15.1. The molecule has 0 aliphatic carbocycles. The van der Waals surface area contributed by atoms with E-state index in [1.54, 1.807) is 13.0 Å². The van der Waals surface area contributed by atoms with Crippen molar-refractivity contribution in [3.63, 3.8) is 0 Å². The normalized spacial score (nSPS) is 10.7. The van der Waals surface area contributed by atoms with Gasteiger partial charge < -0.3 is 5.32 Å². The van der Waals surface area contributed by atoms with Gasteiger partial charge in [0.15, 0.2) is 5.69 Å². The number of amides is 1. The minimum Gasteiger partial charge on any atom is -0.356 e. The molecular formula is C11H14N4O3S. The van der Waals surface area contributed by atoms with Gasteiger partial charge in [0.1, 0.15) is 11.0 Å². The molecule has 0 radical (unpaired) electrons. The highest BCUT2D eigenvalue weighted by atomic mass is 32.2. The van der Waals surface area contributed by atoms with Crippen molar-refractivity contribution in [1.82, 2.24) is 15.0 Å². The van der Waals surface area contributed by atoms with Gasteiger partial charge in [-0.1, -0.05) is 0 Å². The van der Waals surface area contributed by atoms with E-state index < -0.39 is 10.0 Å². The molecule has 0 fully saturated rings. The topological polar surface area (TPSA) is 112 Å². The number of nitriles is 1. The van der Waals surface area contributed by atoms with Crippen LogP contribution in [0.15, 0.2) is 23.2 Å². The zero-order valence-corrected chi connectivity index (χ0v) is 11.2. The Balaban J connectivity index is 2.72. The summed E-state index contributed by atoms with van der Waals surface area (Å²) in [5.74, 6) is -0.239. The Hall–Kier alpha value is -1.98. The first-order valence-electron chi connectivity index (χ1n) is 5.62. The Morgan fingerprint density at radius 1 is 1.53 bits per heavy atom. The molecule has 1 aromatic rings. The fourth-order valence-electron chi connectivity index (χ4n) is 1.35. The van der Waals surface area contributed by atoms with E-state index in [4.69, 9.17) is 5.26 Å². The van der Waals surface area contributed by atoms with Gasteiger partial charge in [0, 0.05) is 25.7 Å². The molecule has 0 spiro atoms. The number of pyridine rings is 1. The number of rotatable bonds is 6. The van der Waals surface area contributed by atoms with Crippen molar-refractivity contribution < 1.29 is 13.2 Å². The lowest BCUT2D eigenvalue weighted by atomic mass is 10.4. The number of carbonyl (C=O) groups excluding carboxylic acids is 1. The standard InChI is InChI=1S/C11H14N4O3S/c1-2-13-11(16)5-7-15-19(17,18)10-4-3-6-14-9(10)8-12/h3-4,6,15H,2,5,7H2,1H3,(H,13,16). The van der Waals surface area contributed by atoms with Crippen LogP contribution in [0, 0.1) is 11.3 Å². The van der Waals surface area contributed by atoms with Crippen molar-refractivity contribution in [3.8, 4) is 6.07 Å². The average Bonchev–Trinajstić information content (AvgIpc) is 2.38. The van der Waals surface area contributed by atoms with E-state index in [0.717, 1.165) is 0 Å². The second kappa shape index (κ2) is 6.82. The van der Waals surface area contributed by atoms with Crippen molar-refractivity contribution in [2.45, 2.75) is 18.2 Å². The maximum atomic E-state index is 11.9.